The number of nitrogens with one attached hydrogen (secondary N) is 4. The van der Waals surface area contributed by atoms with Crippen molar-refractivity contribution in [3.8, 4) is 0 Å². The molecule has 10 saturated heterocycles. The molecule has 10 fully saturated rings. The molecule has 4 amide bonds. The van der Waals surface area contributed by atoms with Crippen LogP contribution in [0.2, 0.25) is 0 Å². The van der Waals surface area contributed by atoms with Crippen LogP contribution in [0.5, 0.6) is 0 Å². The highest BCUT2D eigenvalue weighted by Crippen LogP contribution is 2.43. The van der Waals surface area contributed by atoms with Crippen molar-refractivity contribution in [2.24, 2.45) is 5.92 Å². The second-order valence-electron chi connectivity index (χ2n) is 33.0. The van der Waals surface area contributed by atoms with Crippen molar-refractivity contribution < 1.29 is 257 Å². The predicted octanol–water partition coefficient (Wildman–Crippen LogP) is -20.6. The Labute approximate surface area is 732 Å². The van der Waals surface area contributed by atoms with Gasteiger partial charge in [0.05, 0.1) is 96.8 Å². The van der Waals surface area contributed by atoms with Gasteiger partial charge in [-0.3, -0.25) is 24.0 Å². The molecule has 20 unspecified atom stereocenters. The van der Waals surface area contributed by atoms with Crippen molar-refractivity contribution in [3.63, 3.8) is 0 Å². The summed E-state index contributed by atoms with van der Waals surface area (Å²) < 4.78 is 119. The van der Waals surface area contributed by atoms with Gasteiger partial charge in [-0.15, -0.1) is 0 Å². The molecule has 31 N–H and O–H groups in total. The van der Waals surface area contributed by atoms with E-state index in [1.54, 1.807) is 0 Å². The number of ether oxygens (including phenoxy) is 20. The highest BCUT2D eigenvalue weighted by Gasteiger charge is 2.62. The lowest BCUT2D eigenvalue weighted by Gasteiger charge is -2.51. The monoisotopic (exact) mass is 1890 g/mol. The SMILES string of the molecule is CC(=O)NC1C(O)[C@H](O[C@@H]2OC(CO[C@]3(OC=O)C[C@@H](O)[C@@H](C)C([C@H](O)[C@H](O)CO)O3)[C@H](O)[C@H](O)C2O)[C@H](CO)O[C@H]1OC1[C@@H](OCC2O[C@@H](O[C@@H]3C(CO)O[C@@H](O[C@@H]4C(CO)O[C@@H](C)[C@@H](NC(C)=O)C4O)[C@@H](NC(C)=O)C3O)[C@H](O)C(O[C@H]3OC(CO)[C@@H](O)C(O)C3O[C@@H]3OC(CO)[C@@H](O[C@@H]4OC(CO)[C@H](O)[C@H](O)C4O)[C@H](O)C3NC(C)=O)[C@@H]2O)OC(CO)[C@@H](O)[C@@H]1O. The molecular weight excluding hydrogens is 1760 g/mol. The number of aliphatic hydroxyl groups excluding tert-OH is 27. The van der Waals surface area contributed by atoms with Gasteiger partial charge in [0.15, 0.2) is 50.3 Å². The van der Waals surface area contributed by atoms with E-state index in [4.69, 9.17) is 94.7 Å². The number of rotatable bonds is 36. The van der Waals surface area contributed by atoms with Gasteiger partial charge >= 0.3 is 5.97 Å². The maximum Gasteiger partial charge on any atom is 0.332 e. The quantitative estimate of drug-likeness (QED) is 0.0205. The zero-order valence-electron chi connectivity index (χ0n) is 70.0. The van der Waals surface area contributed by atoms with Crippen LogP contribution in [0, 0.1) is 5.92 Å². The largest absolute Gasteiger partial charge is 0.410 e. The molecule has 0 aromatic carbocycles. The Bertz CT molecular complexity index is 3520. The zero-order valence-corrected chi connectivity index (χ0v) is 70.0. The molecule has 10 aliphatic rings. The number of carbonyl (C=O) groups is 5. The lowest BCUT2D eigenvalue weighted by Crippen LogP contribution is -2.71. The van der Waals surface area contributed by atoms with Crippen molar-refractivity contribution in [1.29, 1.82) is 0 Å². The summed E-state index contributed by atoms with van der Waals surface area (Å²) in [5, 5.41) is 312. The summed E-state index contributed by atoms with van der Waals surface area (Å²) in [4.78, 5) is 63.5. The van der Waals surface area contributed by atoms with Gasteiger partial charge in [0, 0.05) is 33.6 Å². The first-order valence-electron chi connectivity index (χ1n) is 41.4. The molecule has 0 aromatic rings. The Morgan fingerprint density at radius 2 is 0.667 bits per heavy atom. The molecule has 51 atom stereocenters. The van der Waals surface area contributed by atoms with Gasteiger partial charge in [0.25, 0.3) is 6.47 Å². The lowest BCUT2D eigenvalue weighted by atomic mass is 9.87. The van der Waals surface area contributed by atoms with Gasteiger partial charge in [-0.05, 0) is 6.92 Å². The van der Waals surface area contributed by atoms with Crippen molar-refractivity contribution >= 4 is 30.1 Å². The summed E-state index contributed by atoms with van der Waals surface area (Å²) in [5.41, 5.74) is 0. The Kier molecular flexibility index (Phi) is 38.5. The summed E-state index contributed by atoms with van der Waals surface area (Å²) >= 11 is 0. The molecule has 56 nitrogen and oxygen atoms in total. The summed E-state index contributed by atoms with van der Waals surface area (Å²) in [6, 6.07) is -7.13. The number of hydrogen-bond acceptors (Lipinski definition) is 52. The number of carbonyl (C=O) groups excluding carboxylic acids is 5. The molecule has 56 heteroatoms. The molecule has 0 aliphatic carbocycles. The van der Waals surface area contributed by atoms with Gasteiger partial charge < -0.3 is 254 Å². The smallest absolute Gasteiger partial charge is 0.332 e. The van der Waals surface area contributed by atoms with Crippen molar-refractivity contribution in [2.75, 3.05) is 66.1 Å². The van der Waals surface area contributed by atoms with Gasteiger partial charge in [0.1, 0.15) is 226 Å². The van der Waals surface area contributed by atoms with Crippen LogP contribution in [0.1, 0.15) is 48.0 Å². The first-order chi connectivity index (χ1) is 61.0. The summed E-state index contributed by atoms with van der Waals surface area (Å²) in [6.07, 6.45) is -93.9. The molecule has 129 heavy (non-hydrogen) atoms. The lowest BCUT2D eigenvalue weighted by molar-refractivity contribution is -0.424. The van der Waals surface area contributed by atoms with Crippen LogP contribution in [-0.2, 0) is 119 Å². The van der Waals surface area contributed by atoms with Gasteiger partial charge in [0.2, 0.25) is 23.6 Å². The predicted molar refractivity (Wildman–Crippen MR) is 399 cm³/mol. The summed E-state index contributed by atoms with van der Waals surface area (Å²) in [7, 11) is 0. The fourth-order valence-corrected chi connectivity index (χ4v) is 16.9. The van der Waals surface area contributed by atoms with Gasteiger partial charge in [-0.2, -0.15) is 0 Å². The number of hydrogen-bond donors (Lipinski definition) is 31. The van der Waals surface area contributed by atoms with Crippen molar-refractivity contribution in [3.05, 3.63) is 0 Å². The second-order valence-corrected chi connectivity index (χ2v) is 33.0. The Hall–Kier alpha value is -4.49. The van der Waals surface area contributed by atoms with Crippen LogP contribution in [0.15, 0.2) is 0 Å². The van der Waals surface area contributed by atoms with Crippen LogP contribution in [-0.4, -0.2) is 540 Å². The average Bonchev–Trinajstić information content (AvgIpc) is 0.804. The van der Waals surface area contributed by atoms with Crippen molar-refractivity contribution in [1.82, 2.24) is 21.3 Å². The van der Waals surface area contributed by atoms with E-state index in [-0.39, 0.29) is 6.47 Å². The van der Waals surface area contributed by atoms with Crippen molar-refractivity contribution in [2.45, 2.75) is 354 Å². The van der Waals surface area contributed by atoms with E-state index in [0.717, 1.165) is 27.7 Å². The van der Waals surface area contributed by atoms with Crippen LogP contribution in [0.3, 0.4) is 0 Å². The van der Waals surface area contributed by atoms with E-state index in [1.165, 1.54) is 13.8 Å². The fourth-order valence-electron chi connectivity index (χ4n) is 16.9. The van der Waals surface area contributed by atoms with Crippen LogP contribution in [0.4, 0.5) is 0 Å². The normalized spacial score (nSPS) is 48.1. The minimum absolute atomic E-state index is 0.192. The van der Waals surface area contributed by atoms with Crippen LogP contribution < -0.4 is 21.3 Å². The minimum atomic E-state index is -2.66. The fraction of sp³-hybridized carbons (Fsp3) is 0.932. The Morgan fingerprint density at radius 1 is 0.349 bits per heavy atom. The standard InChI is InChI=1S/C73H122N4O52/c1-19-25(91)7-73(112-18-86,129-57(19)40(93)26(92)8-78)111-17-35-44(97)51(104)55(108)69(121-35)124-60-32(14-84)118-66(38(48(60)101)76-23(5)89)127-63-52(105)42(95)28(10-80)115-71(63)110-16-34-45(98)62(56(109)70(120-34)125-61-33(15-85)117-65(37(47(61)100)75-22(4)88)122-58-30(12-82)113-20(2)36(46(58)99)74-21(3)87)126-72-64(53(106)43(96)29(11-81)116-72)128-67-39(77-24(6)90)49(102)59(31(13-83)119-67)123-68-54(107)50(103)41(94)27(9-79)114-68/h18-20,25-72,78-85,91-109H,7-17H2,1-6H3,(H,74,87)(H,75,88)(H,76,89)(H,77,90)/t19-,20+,25-,26-,27?,28?,29?,30?,31?,32+,33?,34?,35?,36-,37+,38?,39?,40-,41+,42-,43-,44+,45-,46?,47?,48?,49-,50+,51+,52+,53?,54?,55?,56-,57?,58-,59-,60-,61-,62?,63?,64?,65+,66+,67+,68+,69+,70+,71+,72-,73+/m1/s1. The van der Waals surface area contributed by atoms with E-state index in [2.05, 4.69) is 21.3 Å². The van der Waals surface area contributed by atoms with E-state index in [9.17, 15) is 162 Å². The Morgan fingerprint density at radius 3 is 1.07 bits per heavy atom. The first-order valence-corrected chi connectivity index (χ1v) is 41.4. The maximum absolute atomic E-state index is 13.2. The molecule has 0 spiro atoms. The highest BCUT2D eigenvalue weighted by molar-refractivity contribution is 5.74. The molecule has 10 rings (SSSR count). The second kappa shape index (κ2) is 46.6. The first kappa shape index (κ1) is 107. The molecule has 746 valence electrons. The third-order valence-corrected chi connectivity index (χ3v) is 24.0. The number of aliphatic hydroxyl groups is 27. The van der Waals surface area contributed by atoms with E-state index in [1.807, 2.05) is 0 Å². The molecule has 10 aliphatic heterocycles. The van der Waals surface area contributed by atoms with E-state index >= 15 is 0 Å². The molecule has 0 saturated carbocycles. The minimum Gasteiger partial charge on any atom is -0.410 e. The Balaban J connectivity index is 0.954. The molecule has 10 heterocycles. The van der Waals surface area contributed by atoms with Gasteiger partial charge in [-0.1, -0.05) is 6.92 Å². The van der Waals surface area contributed by atoms with Crippen LogP contribution in [0.25, 0.3) is 0 Å². The zero-order chi connectivity index (χ0) is 95.1. The molecule has 0 radical (unpaired) electrons. The maximum atomic E-state index is 13.2. The average molecular weight is 1890 g/mol. The summed E-state index contributed by atoms with van der Waals surface area (Å²) in [6.45, 7) is -4.52. The topological polar surface area (TPSA) is 864 Å². The molecule has 0 aromatic heterocycles. The number of amides is 4. The van der Waals surface area contributed by atoms with E-state index in [0.29, 0.717) is 0 Å². The summed E-state index contributed by atoms with van der Waals surface area (Å²) in [5.74, 6) is -7.25. The molecular formula is C73H122N4O52. The highest BCUT2D eigenvalue weighted by atomic mass is 16.9. The third kappa shape index (κ3) is 23.9. The molecule has 0 bridgehead atoms. The third-order valence-electron chi connectivity index (χ3n) is 24.0. The van der Waals surface area contributed by atoms with Gasteiger partial charge in [-0.25, -0.2) is 0 Å². The van der Waals surface area contributed by atoms with E-state index < -0.39 is 408 Å². The van der Waals surface area contributed by atoms with Crippen LogP contribution >= 0.6 is 0 Å².